The molecule has 3 aromatic rings. The van der Waals surface area contributed by atoms with Gasteiger partial charge in [-0.2, -0.15) is 5.10 Å². The van der Waals surface area contributed by atoms with E-state index in [9.17, 15) is 4.79 Å². The summed E-state index contributed by atoms with van der Waals surface area (Å²) >= 11 is 0. The Labute approximate surface area is 145 Å². The van der Waals surface area contributed by atoms with Crippen molar-refractivity contribution in [2.75, 3.05) is 26.0 Å². The van der Waals surface area contributed by atoms with Crippen LogP contribution in [0.25, 0.3) is 5.69 Å². The zero-order chi connectivity index (χ0) is 17.6. The number of tetrazole rings is 1. The molecule has 0 spiro atoms. The molecular formula is C16H20N8O. The van der Waals surface area contributed by atoms with Crippen LogP contribution in [-0.2, 0) is 17.8 Å². The number of carbonyl (C=O) groups is 1. The molecule has 9 heteroatoms. The number of amides is 1. The summed E-state index contributed by atoms with van der Waals surface area (Å²) in [4.78, 5) is 14.3. The van der Waals surface area contributed by atoms with Crippen molar-refractivity contribution >= 4 is 11.6 Å². The monoisotopic (exact) mass is 340 g/mol. The van der Waals surface area contributed by atoms with Crippen LogP contribution >= 0.6 is 0 Å². The molecule has 0 fully saturated rings. The standard InChI is InChI=1S/C16H20N8O/c1-22(2)7-8-23-11-14(10-18-23)19-16(25)9-13-3-5-15(6-4-13)24-12-17-20-21-24/h3-6,10-12H,7-9H2,1-2H3,(H,19,25). The Morgan fingerprint density at radius 3 is 2.72 bits per heavy atom. The van der Waals surface area contributed by atoms with Gasteiger partial charge in [0.15, 0.2) is 0 Å². The van der Waals surface area contributed by atoms with Gasteiger partial charge < -0.3 is 10.2 Å². The highest BCUT2D eigenvalue weighted by atomic mass is 16.1. The highest BCUT2D eigenvalue weighted by molar-refractivity contribution is 5.92. The summed E-state index contributed by atoms with van der Waals surface area (Å²) in [5, 5.41) is 18.1. The molecule has 9 nitrogen and oxygen atoms in total. The molecule has 2 heterocycles. The van der Waals surface area contributed by atoms with Crippen molar-refractivity contribution in [3.63, 3.8) is 0 Å². The van der Waals surface area contributed by atoms with E-state index in [4.69, 9.17) is 0 Å². The van der Waals surface area contributed by atoms with Gasteiger partial charge in [0, 0.05) is 12.7 Å². The Balaban J connectivity index is 1.54. The predicted octanol–water partition coefficient (Wildman–Crippen LogP) is 0.602. The molecule has 0 bridgehead atoms. The van der Waals surface area contributed by atoms with E-state index in [-0.39, 0.29) is 5.91 Å². The minimum Gasteiger partial charge on any atom is -0.323 e. The van der Waals surface area contributed by atoms with Crippen LogP contribution in [0.1, 0.15) is 5.56 Å². The summed E-state index contributed by atoms with van der Waals surface area (Å²) < 4.78 is 3.38. The first-order valence-electron chi connectivity index (χ1n) is 7.89. The summed E-state index contributed by atoms with van der Waals surface area (Å²) in [5.41, 5.74) is 2.46. The lowest BCUT2D eigenvalue weighted by molar-refractivity contribution is -0.115. The van der Waals surface area contributed by atoms with Crippen LogP contribution < -0.4 is 5.32 Å². The molecule has 0 unspecified atom stereocenters. The maximum absolute atomic E-state index is 12.2. The highest BCUT2D eigenvalue weighted by Gasteiger charge is 2.07. The minimum absolute atomic E-state index is 0.0812. The summed E-state index contributed by atoms with van der Waals surface area (Å²) in [5.74, 6) is -0.0812. The number of nitrogens with zero attached hydrogens (tertiary/aromatic N) is 7. The number of anilines is 1. The normalized spacial score (nSPS) is 11.0. The molecular weight excluding hydrogens is 320 g/mol. The van der Waals surface area contributed by atoms with Crippen molar-refractivity contribution in [3.05, 3.63) is 48.5 Å². The van der Waals surface area contributed by atoms with Crippen molar-refractivity contribution in [3.8, 4) is 5.69 Å². The van der Waals surface area contributed by atoms with Gasteiger partial charge in [-0.15, -0.1) is 5.10 Å². The van der Waals surface area contributed by atoms with Gasteiger partial charge in [-0.25, -0.2) is 4.68 Å². The molecule has 2 aromatic heterocycles. The number of likely N-dealkylation sites (N-methyl/N-ethyl adjacent to an activating group) is 1. The van der Waals surface area contributed by atoms with E-state index >= 15 is 0 Å². The second-order valence-corrected chi connectivity index (χ2v) is 5.94. The van der Waals surface area contributed by atoms with E-state index in [1.165, 1.54) is 6.33 Å². The van der Waals surface area contributed by atoms with Gasteiger partial charge in [-0.05, 0) is 42.2 Å². The van der Waals surface area contributed by atoms with E-state index in [2.05, 4.69) is 30.8 Å². The Kier molecular flexibility index (Phi) is 5.14. The van der Waals surface area contributed by atoms with E-state index < -0.39 is 0 Å². The number of rotatable bonds is 7. The molecule has 1 N–H and O–H groups in total. The van der Waals surface area contributed by atoms with Gasteiger partial charge in [0.05, 0.1) is 30.5 Å². The fourth-order valence-electron chi connectivity index (χ4n) is 2.29. The fraction of sp³-hybridized carbons (Fsp3) is 0.312. The van der Waals surface area contributed by atoms with Crippen LogP contribution in [0.2, 0.25) is 0 Å². The Morgan fingerprint density at radius 1 is 1.24 bits per heavy atom. The third-order valence-corrected chi connectivity index (χ3v) is 3.61. The Hall–Kier alpha value is -3.07. The molecule has 0 saturated heterocycles. The molecule has 25 heavy (non-hydrogen) atoms. The summed E-state index contributed by atoms with van der Waals surface area (Å²) in [6, 6.07) is 7.52. The largest absolute Gasteiger partial charge is 0.323 e. The fourth-order valence-corrected chi connectivity index (χ4v) is 2.29. The highest BCUT2D eigenvalue weighted by Crippen LogP contribution is 2.10. The van der Waals surface area contributed by atoms with Crippen LogP contribution in [0.3, 0.4) is 0 Å². The number of hydrogen-bond donors (Lipinski definition) is 1. The van der Waals surface area contributed by atoms with Crippen molar-refractivity contribution in [2.45, 2.75) is 13.0 Å². The quantitative estimate of drug-likeness (QED) is 0.677. The van der Waals surface area contributed by atoms with Gasteiger partial charge in [0.2, 0.25) is 5.91 Å². The molecule has 130 valence electrons. The molecule has 0 aliphatic heterocycles. The predicted molar refractivity (Wildman–Crippen MR) is 92.3 cm³/mol. The Bertz CT molecular complexity index is 807. The minimum atomic E-state index is -0.0812. The van der Waals surface area contributed by atoms with Crippen molar-refractivity contribution in [2.24, 2.45) is 0 Å². The van der Waals surface area contributed by atoms with Crippen LogP contribution in [0.4, 0.5) is 5.69 Å². The van der Waals surface area contributed by atoms with E-state index in [0.717, 1.165) is 24.3 Å². The second-order valence-electron chi connectivity index (χ2n) is 5.94. The molecule has 0 saturated carbocycles. The molecule has 1 aromatic carbocycles. The zero-order valence-corrected chi connectivity index (χ0v) is 14.2. The van der Waals surface area contributed by atoms with E-state index in [0.29, 0.717) is 12.1 Å². The average molecular weight is 340 g/mol. The lowest BCUT2D eigenvalue weighted by atomic mass is 10.1. The molecule has 0 atom stereocenters. The molecule has 3 rings (SSSR count). The zero-order valence-electron chi connectivity index (χ0n) is 14.2. The summed E-state index contributed by atoms with van der Waals surface area (Å²) in [6.45, 7) is 1.67. The van der Waals surface area contributed by atoms with Crippen LogP contribution in [0, 0.1) is 0 Å². The smallest absolute Gasteiger partial charge is 0.228 e. The SMILES string of the molecule is CN(C)CCn1cc(NC(=O)Cc2ccc(-n3cnnn3)cc2)cn1. The van der Waals surface area contributed by atoms with Gasteiger partial charge in [-0.1, -0.05) is 12.1 Å². The van der Waals surface area contributed by atoms with Crippen molar-refractivity contribution < 1.29 is 4.79 Å². The number of benzene rings is 1. The Morgan fingerprint density at radius 2 is 2.04 bits per heavy atom. The number of nitrogens with one attached hydrogen (secondary N) is 1. The number of hydrogen-bond acceptors (Lipinski definition) is 6. The van der Waals surface area contributed by atoms with E-state index in [1.807, 2.05) is 49.2 Å². The molecule has 0 aliphatic carbocycles. The first-order valence-corrected chi connectivity index (χ1v) is 7.89. The maximum Gasteiger partial charge on any atom is 0.228 e. The number of aromatic nitrogens is 6. The van der Waals surface area contributed by atoms with Crippen molar-refractivity contribution in [1.29, 1.82) is 0 Å². The molecule has 0 radical (unpaired) electrons. The third kappa shape index (κ3) is 4.70. The lowest BCUT2D eigenvalue weighted by Crippen LogP contribution is -2.18. The van der Waals surface area contributed by atoms with Crippen molar-refractivity contribution in [1.82, 2.24) is 34.9 Å². The topological polar surface area (TPSA) is 93.8 Å². The van der Waals surface area contributed by atoms with Gasteiger partial charge in [-0.3, -0.25) is 9.48 Å². The first-order chi connectivity index (χ1) is 12.1. The number of carbonyl (C=O) groups excluding carboxylic acids is 1. The van der Waals surface area contributed by atoms with Crippen LogP contribution in [0.5, 0.6) is 0 Å². The third-order valence-electron chi connectivity index (χ3n) is 3.61. The average Bonchev–Trinajstić information content (AvgIpc) is 3.25. The van der Waals surface area contributed by atoms with Gasteiger partial charge in [0.25, 0.3) is 0 Å². The molecule has 0 aliphatic rings. The van der Waals surface area contributed by atoms with Gasteiger partial charge >= 0.3 is 0 Å². The second kappa shape index (κ2) is 7.67. The van der Waals surface area contributed by atoms with E-state index in [1.54, 1.807) is 10.9 Å². The summed E-state index contributed by atoms with van der Waals surface area (Å²) in [6.07, 6.45) is 5.31. The lowest BCUT2D eigenvalue weighted by Gasteiger charge is -2.08. The van der Waals surface area contributed by atoms with Crippen LogP contribution in [-0.4, -0.2) is 61.4 Å². The first kappa shape index (κ1) is 16.8. The maximum atomic E-state index is 12.2. The van der Waals surface area contributed by atoms with Crippen LogP contribution in [0.15, 0.2) is 43.0 Å². The van der Waals surface area contributed by atoms with Gasteiger partial charge in [0.1, 0.15) is 6.33 Å². The summed E-state index contributed by atoms with van der Waals surface area (Å²) in [7, 11) is 4.02. The molecule has 1 amide bonds.